The van der Waals surface area contributed by atoms with E-state index in [0.717, 1.165) is 22.5 Å². The van der Waals surface area contributed by atoms with Crippen molar-refractivity contribution >= 4 is 16.7 Å². The van der Waals surface area contributed by atoms with E-state index in [1.165, 1.54) is 5.56 Å². The van der Waals surface area contributed by atoms with Gasteiger partial charge < -0.3 is 10.1 Å². The minimum absolute atomic E-state index is 0.575. The normalized spacial score (nSPS) is 10.7. The summed E-state index contributed by atoms with van der Waals surface area (Å²) < 4.78 is 6.98. The van der Waals surface area contributed by atoms with Gasteiger partial charge in [-0.15, -0.1) is 5.10 Å². The number of rotatable bonds is 4. The summed E-state index contributed by atoms with van der Waals surface area (Å²) in [5.41, 5.74) is 4.15. The van der Waals surface area contributed by atoms with E-state index in [4.69, 9.17) is 4.74 Å². The van der Waals surface area contributed by atoms with Crippen molar-refractivity contribution in [2.45, 2.75) is 13.6 Å². The Morgan fingerprint density at radius 1 is 1.15 bits per heavy atom. The highest BCUT2D eigenvalue weighted by atomic mass is 16.5. The number of hydrogen-bond acceptors (Lipinski definition) is 4. The third kappa shape index (κ3) is 2.42. The molecule has 0 spiro atoms. The number of fused-ring (bicyclic) bond motifs is 1. The Kier molecular flexibility index (Phi) is 3.25. The van der Waals surface area contributed by atoms with E-state index in [9.17, 15) is 0 Å². The number of ether oxygens (including phenoxy) is 1. The van der Waals surface area contributed by atoms with Crippen molar-refractivity contribution in [2.24, 2.45) is 0 Å². The Morgan fingerprint density at radius 3 is 2.70 bits per heavy atom. The Bertz CT molecular complexity index is 718. The first-order chi connectivity index (χ1) is 9.76. The van der Waals surface area contributed by atoms with Crippen LogP contribution < -0.4 is 10.1 Å². The number of aryl methyl sites for hydroxylation is 1. The Morgan fingerprint density at radius 2 is 1.95 bits per heavy atom. The Hall–Kier alpha value is -2.56. The molecule has 20 heavy (non-hydrogen) atoms. The summed E-state index contributed by atoms with van der Waals surface area (Å²) in [4.78, 5) is 0. The number of methoxy groups -OCH3 is 1. The Balaban J connectivity index is 1.76. The third-order valence-corrected chi connectivity index (χ3v) is 3.19. The average molecular weight is 268 g/mol. The maximum absolute atomic E-state index is 5.13. The molecule has 5 nitrogen and oxygen atoms in total. The van der Waals surface area contributed by atoms with Crippen LogP contribution >= 0.6 is 0 Å². The van der Waals surface area contributed by atoms with Crippen LogP contribution in [0.3, 0.4) is 0 Å². The zero-order valence-electron chi connectivity index (χ0n) is 11.5. The number of benzene rings is 2. The topological polar surface area (TPSA) is 52.0 Å². The number of nitrogens with zero attached hydrogens (tertiary/aromatic N) is 3. The van der Waals surface area contributed by atoms with E-state index in [0.29, 0.717) is 6.67 Å². The minimum atomic E-state index is 0.575. The molecular weight excluding hydrogens is 252 g/mol. The molecule has 0 saturated carbocycles. The Labute approximate surface area is 117 Å². The summed E-state index contributed by atoms with van der Waals surface area (Å²) in [5.74, 6) is 0.845. The van der Waals surface area contributed by atoms with Gasteiger partial charge in [0.25, 0.3) is 0 Å². The van der Waals surface area contributed by atoms with E-state index in [1.54, 1.807) is 7.11 Å². The fraction of sp³-hybridized carbons (Fsp3) is 0.200. The van der Waals surface area contributed by atoms with Crippen LogP contribution in [0.2, 0.25) is 0 Å². The lowest BCUT2D eigenvalue weighted by Gasteiger charge is -2.07. The quantitative estimate of drug-likeness (QED) is 0.790. The first kappa shape index (κ1) is 12.5. The zero-order chi connectivity index (χ0) is 13.9. The van der Waals surface area contributed by atoms with Crippen LogP contribution in [-0.4, -0.2) is 22.1 Å². The molecule has 1 N–H and O–H groups in total. The van der Waals surface area contributed by atoms with Crippen LogP contribution in [0.1, 0.15) is 5.56 Å². The first-order valence-electron chi connectivity index (χ1n) is 6.44. The van der Waals surface area contributed by atoms with Crippen LogP contribution in [-0.2, 0) is 6.67 Å². The third-order valence-electron chi connectivity index (χ3n) is 3.19. The van der Waals surface area contributed by atoms with Crippen molar-refractivity contribution in [1.29, 1.82) is 0 Å². The molecule has 102 valence electrons. The number of nitrogens with one attached hydrogen (secondary N) is 1. The van der Waals surface area contributed by atoms with Crippen molar-refractivity contribution in [1.82, 2.24) is 15.0 Å². The molecule has 1 heterocycles. The SMILES string of the molecule is COc1ccc(NCn2nnc3cc(C)ccc32)cc1. The molecule has 0 aliphatic carbocycles. The van der Waals surface area contributed by atoms with Crippen LogP contribution in [0.15, 0.2) is 42.5 Å². The minimum Gasteiger partial charge on any atom is -0.497 e. The smallest absolute Gasteiger partial charge is 0.119 e. The number of aromatic nitrogens is 3. The van der Waals surface area contributed by atoms with Gasteiger partial charge in [-0.05, 0) is 48.9 Å². The van der Waals surface area contributed by atoms with Crippen LogP contribution in [0.5, 0.6) is 5.75 Å². The van der Waals surface area contributed by atoms with Gasteiger partial charge in [0.05, 0.1) is 12.6 Å². The standard InChI is InChI=1S/C15H16N4O/c1-11-3-8-15-14(9-11)17-18-19(15)10-16-12-4-6-13(20-2)7-5-12/h3-9,16H,10H2,1-2H3. The predicted octanol–water partition coefficient (Wildman–Crippen LogP) is 2.82. The molecule has 0 aliphatic rings. The molecule has 3 aromatic rings. The summed E-state index contributed by atoms with van der Waals surface area (Å²) in [6, 6.07) is 13.9. The monoisotopic (exact) mass is 268 g/mol. The highest BCUT2D eigenvalue weighted by Crippen LogP contribution is 2.16. The highest BCUT2D eigenvalue weighted by Gasteiger charge is 2.03. The van der Waals surface area contributed by atoms with Crippen molar-refractivity contribution in [3.05, 3.63) is 48.0 Å². The summed E-state index contributed by atoms with van der Waals surface area (Å²) in [6.45, 7) is 2.62. The van der Waals surface area contributed by atoms with E-state index < -0.39 is 0 Å². The molecule has 0 atom stereocenters. The molecule has 2 aromatic carbocycles. The van der Waals surface area contributed by atoms with Gasteiger partial charge in [-0.25, -0.2) is 4.68 Å². The van der Waals surface area contributed by atoms with Gasteiger partial charge in [-0.2, -0.15) is 0 Å². The second kappa shape index (κ2) is 5.21. The molecule has 1 aromatic heterocycles. The molecule has 0 amide bonds. The molecule has 0 aliphatic heterocycles. The van der Waals surface area contributed by atoms with Gasteiger partial charge in [0.15, 0.2) is 0 Å². The van der Waals surface area contributed by atoms with Crippen LogP contribution in [0.25, 0.3) is 11.0 Å². The second-order valence-corrected chi connectivity index (χ2v) is 4.64. The highest BCUT2D eigenvalue weighted by molar-refractivity contribution is 5.75. The van der Waals surface area contributed by atoms with Crippen molar-refractivity contribution in [3.63, 3.8) is 0 Å². The molecule has 5 heteroatoms. The van der Waals surface area contributed by atoms with Gasteiger partial charge >= 0.3 is 0 Å². The summed E-state index contributed by atoms with van der Waals surface area (Å²) >= 11 is 0. The fourth-order valence-corrected chi connectivity index (χ4v) is 2.07. The predicted molar refractivity (Wildman–Crippen MR) is 78.9 cm³/mol. The number of hydrogen-bond donors (Lipinski definition) is 1. The van der Waals surface area contributed by atoms with Gasteiger partial charge in [0, 0.05) is 5.69 Å². The molecular formula is C15H16N4O. The molecule has 0 unspecified atom stereocenters. The zero-order valence-corrected chi connectivity index (χ0v) is 11.5. The molecule has 0 saturated heterocycles. The lowest BCUT2D eigenvalue weighted by Crippen LogP contribution is -2.09. The van der Waals surface area contributed by atoms with Gasteiger partial charge in [0.1, 0.15) is 17.9 Å². The van der Waals surface area contributed by atoms with E-state index in [1.807, 2.05) is 48.0 Å². The first-order valence-corrected chi connectivity index (χ1v) is 6.44. The molecule has 0 radical (unpaired) electrons. The largest absolute Gasteiger partial charge is 0.497 e. The lowest BCUT2D eigenvalue weighted by molar-refractivity contribution is 0.415. The molecule has 3 rings (SSSR count). The number of anilines is 1. The lowest BCUT2D eigenvalue weighted by atomic mass is 10.2. The summed E-state index contributed by atoms with van der Waals surface area (Å²) in [7, 11) is 1.66. The average Bonchev–Trinajstić information content (AvgIpc) is 2.88. The van der Waals surface area contributed by atoms with Crippen molar-refractivity contribution in [3.8, 4) is 5.75 Å². The summed E-state index contributed by atoms with van der Waals surface area (Å²) in [6.07, 6.45) is 0. The van der Waals surface area contributed by atoms with E-state index >= 15 is 0 Å². The maximum Gasteiger partial charge on any atom is 0.119 e. The van der Waals surface area contributed by atoms with Crippen LogP contribution in [0.4, 0.5) is 5.69 Å². The van der Waals surface area contributed by atoms with E-state index in [2.05, 4.69) is 21.7 Å². The molecule has 0 bridgehead atoms. The second-order valence-electron chi connectivity index (χ2n) is 4.64. The summed E-state index contributed by atoms with van der Waals surface area (Å²) in [5, 5.41) is 11.6. The maximum atomic E-state index is 5.13. The van der Waals surface area contributed by atoms with Gasteiger partial charge in [0.2, 0.25) is 0 Å². The molecule has 0 fully saturated rings. The van der Waals surface area contributed by atoms with Gasteiger partial charge in [-0.1, -0.05) is 11.3 Å². The van der Waals surface area contributed by atoms with Crippen molar-refractivity contribution < 1.29 is 4.74 Å². The van der Waals surface area contributed by atoms with E-state index in [-0.39, 0.29) is 0 Å². The van der Waals surface area contributed by atoms with Crippen LogP contribution in [0, 0.1) is 6.92 Å². The van der Waals surface area contributed by atoms with Gasteiger partial charge in [-0.3, -0.25) is 0 Å². The van der Waals surface area contributed by atoms with Crippen molar-refractivity contribution in [2.75, 3.05) is 12.4 Å². The fourth-order valence-electron chi connectivity index (χ4n) is 2.07.